The smallest absolute Gasteiger partial charge is 0.189 e. The molecule has 3 fully saturated rings. The Balaban J connectivity index is 1.20. The molecule has 44 heavy (non-hydrogen) atoms. The first-order valence-corrected chi connectivity index (χ1v) is 16.9. The van der Waals surface area contributed by atoms with Gasteiger partial charge in [-0.2, -0.15) is 0 Å². The van der Waals surface area contributed by atoms with Gasteiger partial charge in [-0.3, -0.25) is 9.69 Å². The number of rotatable bonds is 5. The Morgan fingerprint density at radius 3 is 2.41 bits per heavy atom. The van der Waals surface area contributed by atoms with E-state index in [4.69, 9.17) is 4.74 Å². The number of hydrogen-bond donors (Lipinski definition) is 2. The number of fused-ring (bicyclic) bond motifs is 2. The minimum Gasteiger partial charge on any atom is -0.497 e. The summed E-state index contributed by atoms with van der Waals surface area (Å²) in [5.74, 6) is 1.31. The SMILES string of the molecule is COc1ccc(C(=O)C2=CC34C=CC25C(CCC2(C)C5CCC2(O)CN2CCc5ccccc5C2)C3(C)CCC(O)C4)cc1. The van der Waals surface area contributed by atoms with Gasteiger partial charge in [-0.25, -0.2) is 0 Å². The molecule has 3 saturated carbocycles. The van der Waals surface area contributed by atoms with Crippen molar-refractivity contribution in [3.63, 3.8) is 0 Å². The first-order chi connectivity index (χ1) is 21.1. The third-order valence-electron chi connectivity index (χ3n) is 14.0. The molecule has 6 aliphatic carbocycles. The molecular formula is C39H47NO4. The molecule has 2 aromatic rings. The van der Waals surface area contributed by atoms with E-state index in [2.05, 4.69) is 61.2 Å². The highest BCUT2D eigenvalue weighted by atomic mass is 16.5. The molecule has 7 aliphatic rings. The topological polar surface area (TPSA) is 70.0 Å². The van der Waals surface area contributed by atoms with Crippen LogP contribution < -0.4 is 4.74 Å². The second-order valence-electron chi connectivity index (χ2n) is 15.6. The van der Waals surface area contributed by atoms with Crippen molar-refractivity contribution in [3.8, 4) is 5.75 Å². The van der Waals surface area contributed by atoms with Crippen molar-refractivity contribution >= 4 is 5.78 Å². The standard InChI is InChI=1S/C39H47NO4/c1-35-16-12-29(41)22-37(35)19-20-39(31(23-37)34(42)27-8-10-30(44-3)11-9-27)32(35)13-17-36(2)33(39)14-18-38(36,43)25-40-21-15-26-6-4-5-7-28(26)24-40/h4-11,19-20,23,29,32-33,41,43H,12-18,21-22,24-25H2,1-3H3. The number of aliphatic hydroxyl groups is 2. The molecule has 1 aliphatic heterocycles. The second-order valence-corrected chi connectivity index (χ2v) is 15.6. The van der Waals surface area contributed by atoms with Crippen LogP contribution in [0.3, 0.4) is 0 Å². The number of ether oxygens (including phenoxy) is 1. The van der Waals surface area contributed by atoms with Crippen LogP contribution in [0.2, 0.25) is 0 Å². The average molecular weight is 594 g/mol. The largest absolute Gasteiger partial charge is 0.497 e. The zero-order chi connectivity index (χ0) is 30.5. The van der Waals surface area contributed by atoms with Crippen LogP contribution in [0.25, 0.3) is 0 Å². The fourth-order valence-electron chi connectivity index (χ4n) is 11.6. The molecule has 0 aromatic heterocycles. The number of methoxy groups -OCH3 is 1. The number of carbonyl (C=O) groups is 1. The molecule has 2 spiro atoms. The van der Waals surface area contributed by atoms with Crippen LogP contribution in [0.15, 0.2) is 72.3 Å². The third kappa shape index (κ3) is 3.67. The number of allylic oxidation sites excluding steroid dienone is 4. The van der Waals surface area contributed by atoms with E-state index in [1.807, 2.05) is 24.3 Å². The summed E-state index contributed by atoms with van der Waals surface area (Å²) in [5, 5.41) is 23.7. The predicted octanol–water partition coefficient (Wildman–Crippen LogP) is 6.53. The van der Waals surface area contributed by atoms with E-state index in [1.54, 1.807) is 7.11 Å². The Morgan fingerprint density at radius 2 is 1.64 bits per heavy atom. The molecule has 0 amide bonds. The van der Waals surface area contributed by atoms with Crippen LogP contribution in [-0.4, -0.2) is 52.8 Å². The maximum Gasteiger partial charge on any atom is 0.189 e. The number of hydrogen-bond acceptors (Lipinski definition) is 5. The molecule has 5 heteroatoms. The summed E-state index contributed by atoms with van der Waals surface area (Å²) in [4.78, 5) is 17.2. The summed E-state index contributed by atoms with van der Waals surface area (Å²) in [6, 6.07) is 16.3. The summed E-state index contributed by atoms with van der Waals surface area (Å²) in [7, 11) is 1.65. The van der Waals surface area contributed by atoms with Gasteiger partial charge in [0, 0.05) is 47.0 Å². The summed E-state index contributed by atoms with van der Waals surface area (Å²) >= 11 is 0. The van der Waals surface area contributed by atoms with Gasteiger partial charge in [0.2, 0.25) is 0 Å². The van der Waals surface area contributed by atoms with Crippen molar-refractivity contribution in [3.05, 3.63) is 89.0 Å². The Bertz CT molecular complexity index is 1560. The highest BCUT2D eigenvalue weighted by Crippen LogP contribution is 2.78. The van der Waals surface area contributed by atoms with Crippen LogP contribution >= 0.6 is 0 Å². The van der Waals surface area contributed by atoms with Gasteiger partial charge in [-0.1, -0.05) is 56.3 Å². The number of ketones is 1. The van der Waals surface area contributed by atoms with E-state index in [0.717, 1.165) is 69.4 Å². The van der Waals surface area contributed by atoms with E-state index in [9.17, 15) is 15.0 Å². The van der Waals surface area contributed by atoms with Crippen LogP contribution in [0.5, 0.6) is 5.75 Å². The molecule has 0 radical (unpaired) electrons. The molecule has 232 valence electrons. The molecular weight excluding hydrogens is 546 g/mol. The monoisotopic (exact) mass is 593 g/mol. The third-order valence-corrected chi connectivity index (χ3v) is 14.0. The lowest BCUT2D eigenvalue weighted by Crippen LogP contribution is -2.67. The highest BCUT2D eigenvalue weighted by molar-refractivity contribution is 6.10. The Hall–Kier alpha value is -2.73. The van der Waals surface area contributed by atoms with E-state index in [1.165, 1.54) is 11.1 Å². The number of benzene rings is 2. The number of Topliss-reactive ketones (excluding diaryl/α,β-unsaturated/α-hetero) is 1. The second kappa shape index (κ2) is 9.64. The summed E-state index contributed by atoms with van der Waals surface area (Å²) in [6.07, 6.45) is 13.9. The highest BCUT2D eigenvalue weighted by Gasteiger charge is 2.74. The van der Waals surface area contributed by atoms with Gasteiger partial charge in [0.1, 0.15) is 5.75 Å². The first kappa shape index (κ1) is 28.7. The number of nitrogens with zero attached hydrogens (tertiary/aromatic N) is 1. The van der Waals surface area contributed by atoms with Gasteiger partial charge in [0.25, 0.3) is 0 Å². The number of β-amino-alcohol motifs (C(OH)–C–C–N with tert-alkyl or cyclic N) is 1. The van der Waals surface area contributed by atoms with Crippen molar-refractivity contribution in [1.29, 1.82) is 0 Å². The zero-order valence-corrected chi connectivity index (χ0v) is 26.5. The van der Waals surface area contributed by atoms with Gasteiger partial charge in [0.05, 0.1) is 18.8 Å². The van der Waals surface area contributed by atoms with Crippen molar-refractivity contribution in [2.75, 3.05) is 20.2 Å². The first-order valence-electron chi connectivity index (χ1n) is 16.9. The lowest BCUT2D eigenvalue weighted by atomic mass is 9.32. The maximum atomic E-state index is 14.7. The fraction of sp³-hybridized carbons (Fsp3) is 0.564. The van der Waals surface area contributed by atoms with E-state index in [-0.39, 0.29) is 34.1 Å². The van der Waals surface area contributed by atoms with Crippen LogP contribution in [-0.2, 0) is 13.0 Å². The normalized spacial score (nSPS) is 42.1. The van der Waals surface area contributed by atoms with Crippen molar-refractivity contribution < 1.29 is 19.7 Å². The molecule has 0 saturated heterocycles. The number of carbonyl (C=O) groups excluding carboxylic acids is 1. The minimum atomic E-state index is -0.818. The quantitative estimate of drug-likeness (QED) is 0.305. The Kier molecular flexibility index (Phi) is 6.29. The maximum absolute atomic E-state index is 14.7. The van der Waals surface area contributed by atoms with Gasteiger partial charge in [-0.05, 0) is 104 Å². The van der Waals surface area contributed by atoms with E-state index < -0.39 is 11.0 Å². The van der Waals surface area contributed by atoms with Gasteiger partial charge >= 0.3 is 0 Å². The zero-order valence-electron chi connectivity index (χ0n) is 26.5. The molecule has 2 aromatic carbocycles. The van der Waals surface area contributed by atoms with Gasteiger partial charge < -0.3 is 14.9 Å². The molecule has 8 unspecified atom stereocenters. The molecule has 5 nitrogen and oxygen atoms in total. The molecule has 2 bridgehead atoms. The molecule has 9 rings (SSSR count). The van der Waals surface area contributed by atoms with Crippen molar-refractivity contribution in [2.24, 2.45) is 33.5 Å². The average Bonchev–Trinajstić information content (AvgIpc) is 3.30. The lowest BCUT2D eigenvalue weighted by molar-refractivity contribution is -0.176. The Morgan fingerprint density at radius 1 is 0.932 bits per heavy atom. The minimum absolute atomic E-state index is 0.0245. The summed E-state index contributed by atoms with van der Waals surface area (Å²) < 4.78 is 5.40. The molecule has 2 N–H and O–H groups in total. The van der Waals surface area contributed by atoms with Crippen LogP contribution in [0, 0.1) is 33.5 Å². The predicted molar refractivity (Wildman–Crippen MR) is 171 cm³/mol. The van der Waals surface area contributed by atoms with Crippen LogP contribution in [0.4, 0.5) is 0 Å². The molecule has 1 heterocycles. The Labute approximate surface area is 262 Å². The van der Waals surface area contributed by atoms with Crippen molar-refractivity contribution in [1.82, 2.24) is 4.90 Å². The fourth-order valence-corrected chi connectivity index (χ4v) is 11.6. The molecule has 8 atom stereocenters. The van der Waals surface area contributed by atoms with E-state index >= 15 is 0 Å². The van der Waals surface area contributed by atoms with Crippen LogP contribution in [0.1, 0.15) is 80.3 Å². The van der Waals surface area contributed by atoms with Crippen molar-refractivity contribution in [2.45, 2.75) is 83.5 Å². The van der Waals surface area contributed by atoms with Gasteiger partial charge in [-0.15, -0.1) is 0 Å². The summed E-state index contributed by atoms with van der Waals surface area (Å²) in [6.45, 7) is 7.33. The summed E-state index contributed by atoms with van der Waals surface area (Å²) in [5.41, 5.74) is 2.51. The number of aliphatic hydroxyl groups excluding tert-OH is 1. The lowest BCUT2D eigenvalue weighted by Gasteiger charge is -2.71. The van der Waals surface area contributed by atoms with E-state index in [0.29, 0.717) is 24.4 Å². The van der Waals surface area contributed by atoms with Gasteiger partial charge in [0.15, 0.2) is 5.78 Å².